The predicted molar refractivity (Wildman–Crippen MR) is 92.9 cm³/mol. The molecule has 1 atom stereocenters. The molecule has 7 heteroatoms. The second-order valence-corrected chi connectivity index (χ2v) is 7.80. The SMILES string of the molecule is CC(C)(C)OC(=O)[C@@H](CN1CCCC1)Oc1cnc(Cl)c(Br)c1. The number of carbonyl (C=O) groups excluding carboxylic acids is 1. The monoisotopic (exact) mass is 404 g/mol. The van der Waals surface area contributed by atoms with Gasteiger partial charge in [0.25, 0.3) is 0 Å². The van der Waals surface area contributed by atoms with Crippen LogP contribution in [-0.2, 0) is 9.53 Å². The summed E-state index contributed by atoms with van der Waals surface area (Å²) in [5.41, 5.74) is -0.553. The van der Waals surface area contributed by atoms with Gasteiger partial charge in [0.15, 0.2) is 0 Å². The molecule has 1 aromatic rings. The molecule has 0 saturated carbocycles. The van der Waals surface area contributed by atoms with E-state index in [-0.39, 0.29) is 5.97 Å². The Kier molecular flexibility index (Phi) is 6.28. The van der Waals surface area contributed by atoms with Crippen molar-refractivity contribution in [1.29, 1.82) is 0 Å². The molecule has 0 unspecified atom stereocenters. The van der Waals surface area contributed by atoms with Crippen molar-refractivity contribution in [3.63, 3.8) is 0 Å². The van der Waals surface area contributed by atoms with Crippen LogP contribution < -0.4 is 4.74 Å². The van der Waals surface area contributed by atoms with E-state index < -0.39 is 11.7 Å². The Morgan fingerprint density at radius 2 is 2.09 bits per heavy atom. The molecule has 0 aromatic carbocycles. The molecule has 0 bridgehead atoms. The Labute approximate surface area is 150 Å². The molecular weight excluding hydrogens is 384 g/mol. The van der Waals surface area contributed by atoms with E-state index in [1.807, 2.05) is 20.8 Å². The van der Waals surface area contributed by atoms with Gasteiger partial charge in [-0.2, -0.15) is 0 Å². The Bertz CT molecular complexity index is 557. The molecule has 1 aromatic heterocycles. The summed E-state index contributed by atoms with van der Waals surface area (Å²) in [6.07, 6.45) is 3.11. The minimum atomic E-state index is -0.692. The predicted octanol–water partition coefficient (Wildman–Crippen LogP) is 3.68. The number of carbonyl (C=O) groups is 1. The van der Waals surface area contributed by atoms with Crippen LogP contribution >= 0.6 is 27.5 Å². The highest BCUT2D eigenvalue weighted by Gasteiger charge is 2.30. The zero-order chi connectivity index (χ0) is 17.0. The number of pyridine rings is 1. The summed E-state index contributed by atoms with van der Waals surface area (Å²) in [6.45, 7) is 8.00. The average molecular weight is 406 g/mol. The zero-order valence-electron chi connectivity index (χ0n) is 13.6. The fraction of sp³-hybridized carbons (Fsp3) is 0.625. The van der Waals surface area contributed by atoms with E-state index >= 15 is 0 Å². The first-order valence-corrected chi connectivity index (χ1v) is 8.84. The number of hydrogen-bond acceptors (Lipinski definition) is 5. The number of hydrogen-bond donors (Lipinski definition) is 0. The van der Waals surface area contributed by atoms with E-state index in [1.54, 1.807) is 6.07 Å². The summed E-state index contributed by atoms with van der Waals surface area (Å²) >= 11 is 9.20. The normalized spacial score (nSPS) is 17.1. The van der Waals surface area contributed by atoms with Crippen LogP contribution in [0, 0.1) is 0 Å². The highest BCUT2D eigenvalue weighted by atomic mass is 79.9. The van der Waals surface area contributed by atoms with Gasteiger partial charge in [0.2, 0.25) is 6.10 Å². The number of nitrogens with zero attached hydrogens (tertiary/aromatic N) is 2. The summed E-state index contributed by atoms with van der Waals surface area (Å²) in [5, 5.41) is 0.353. The highest BCUT2D eigenvalue weighted by Crippen LogP contribution is 2.25. The van der Waals surface area contributed by atoms with Crippen molar-refractivity contribution in [1.82, 2.24) is 9.88 Å². The maximum atomic E-state index is 12.5. The Balaban J connectivity index is 2.10. The second-order valence-electron chi connectivity index (χ2n) is 6.59. The maximum Gasteiger partial charge on any atom is 0.349 e. The molecule has 2 heterocycles. The molecular formula is C16H22BrClN2O3. The number of esters is 1. The molecule has 5 nitrogen and oxygen atoms in total. The molecule has 1 fully saturated rings. The zero-order valence-corrected chi connectivity index (χ0v) is 16.0. The van der Waals surface area contributed by atoms with E-state index in [4.69, 9.17) is 21.1 Å². The molecule has 1 aliphatic heterocycles. The number of ether oxygens (including phenoxy) is 2. The van der Waals surface area contributed by atoms with Gasteiger partial charge in [0, 0.05) is 6.54 Å². The lowest BCUT2D eigenvalue weighted by Crippen LogP contribution is -2.43. The molecule has 0 aliphatic carbocycles. The van der Waals surface area contributed by atoms with Gasteiger partial charge >= 0.3 is 5.97 Å². The number of halogens is 2. The minimum absolute atomic E-state index is 0.353. The summed E-state index contributed by atoms with van der Waals surface area (Å²) in [7, 11) is 0. The van der Waals surface area contributed by atoms with Gasteiger partial charge in [-0.3, -0.25) is 4.90 Å². The van der Waals surface area contributed by atoms with Crippen LogP contribution in [0.25, 0.3) is 0 Å². The van der Waals surface area contributed by atoms with Crippen molar-refractivity contribution >= 4 is 33.5 Å². The molecule has 0 radical (unpaired) electrons. The van der Waals surface area contributed by atoms with E-state index in [1.165, 1.54) is 6.20 Å². The summed E-state index contributed by atoms with van der Waals surface area (Å²) < 4.78 is 12.0. The van der Waals surface area contributed by atoms with Crippen LogP contribution in [0.5, 0.6) is 5.75 Å². The lowest BCUT2D eigenvalue weighted by Gasteiger charge is -2.27. The largest absolute Gasteiger partial charge is 0.476 e. The maximum absolute atomic E-state index is 12.5. The van der Waals surface area contributed by atoms with E-state index in [9.17, 15) is 4.79 Å². The molecule has 23 heavy (non-hydrogen) atoms. The first kappa shape index (κ1) is 18.5. The molecule has 1 aliphatic rings. The second kappa shape index (κ2) is 7.81. The summed E-state index contributed by atoms with van der Waals surface area (Å²) in [4.78, 5) is 18.7. The third-order valence-corrected chi connectivity index (χ3v) is 4.48. The Morgan fingerprint density at radius 3 is 2.65 bits per heavy atom. The highest BCUT2D eigenvalue weighted by molar-refractivity contribution is 9.10. The van der Waals surface area contributed by atoms with Crippen LogP contribution in [-0.4, -0.2) is 47.2 Å². The topological polar surface area (TPSA) is 51.7 Å². The van der Waals surface area contributed by atoms with Crippen molar-refractivity contribution in [2.75, 3.05) is 19.6 Å². The van der Waals surface area contributed by atoms with Gasteiger partial charge in [-0.05, 0) is 68.7 Å². The van der Waals surface area contributed by atoms with Gasteiger partial charge in [-0.15, -0.1) is 0 Å². The van der Waals surface area contributed by atoms with Crippen LogP contribution in [0.15, 0.2) is 16.7 Å². The molecule has 0 spiro atoms. The van der Waals surface area contributed by atoms with Crippen LogP contribution in [0.4, 0.5) is 0 Å². The summed E-state index contributed by atoms with van der Waals surface area (Å²) in [5.74, 6) is 0.117. The van der Waals surface area contributed by atoms with Crippen molar-refractivity contribution < 1.29 is 14.3 Å². The van der Waals surface area contributed by atoms with Crippen LogP contribution in [0.2, 0.25) is 5.15 Å². The molecule has 0 amide bonds. The van der Waals surface area contributed by atoms with E-state index in [0.29, 0.717) is 21.9 Å². The number of aromatic nitrogens is 1. The van der Waals surface area contributed by atoms with Gasteiger partial charge in [-0.25, -0.2) is 9.78 Å². The average Bonchev–Trinajstić information content (AvgIpc) is 2.93. The molecule has 1 saturated heterocycles. The standard InChI is InChI=1S/C16H22BrClN2O3/c1-16(2,3)23-15(21)13(10-20-6-4-5-7-20)22-11-8-12(17)14(18)19-9-11/h8-9,13H,4-7,10H2,1-3H3/t13-/m1/s1. The van der Waals surface area contributed by atoms with Gasteiger partial charge in [0.05, 0.1) is 10.7 Å². The first-order valence-electron chi connectivity index (χ1n) is 7.67. The van der Waals surface area contributed by atoms with E-state index in [2.05, 4.69) is 25.8 Å². The minimum Gasteiger partial charge on any atom is -0.476 e. The van der Waals surface area contributed by atoms with E-state index in [0.717, 1.165) is 25.9 Å². The van der Waals surface area contributed by atoms with Gasteiger partial charge in [0.1, 0.15) is 16.5 Å². The molecule has 128 valence electrons. The molecule has 0 N–H and O–H groups in total. The van der Waals surface area contributed by atoms with Crippen molar-refractivity contribution in [3.05, 3.63) is 21.9 Å². The van der Waals surface area contributed by atoms with Crippen molar-refractivity contribution in [2.45, 2.75) is 45.3 Å². The first-order chi connectivity index (χ1) is 10.7. The van der Waals surface area contributed by atoms with Crippen molar-refractivity contribution in [3.8, 4) is 5.75 Å². The Hall–Kier alpha value is -0.850. The van der Waals surface area contributed by atoms with Crippen LogP contribution in [0.1, 0.15) is 33.6 Å². The smallest absolute Gasteiger partial charge is 0.349 e. The lowest BCUT2D eigenvalue weighted by atomic mass is 10.2. The number of rotatable bonds is 5. The molecule has 2 rings (SSSR count). The van der Waals surface area contributed by atoms with Crippen molar-refractivity contribution in [2.24, 2.45) is 0 Å². The quantitative estimate of drug-likeness (QED) is 0.552. The lowest BCUT2D eigenvalue weighted by molar-refractivity contribution is -0.164. The fourth-order valence-electron chi connectivity index (χ4n) is 2.36. The summed E-state index contributed by atoms with van der Waals surface area (Å²) in [6, 6.07) is 1.71. The fourth-order valence-corrected chi connectivity index (χ4v) is 2.79. The Morgan fingerprint density at radius 1 is 1.43 bits per heavy atom. The van der Waals surface area contributed by atoms with Gasteiger partial charge < -0.3 is 9.47 Å². The van der Waals surface area contributed by atoms with Gasteiger partial charge in [-0.1, -0.05) is 11.6 Å². The third-order valence-electron chi connectivity index (χ3n) is 3.34. The van der Waals surface area contributed by atoms with Crippen LogP contribution in [0.3, 0.4) is 0 Å². The third kappa shape index (κ3) is 5.94. The number of likely N-dealkylation sites (tertiary alicyclic amines) is 1.